The highest BCUT2D eigenvalue weighted by molar-refractivity contribution is 5.86. The van der Waals surface area contributed by atoms with Gasteiger partial charge >= 0.3 is 5.97 Å². The van der Waals surface area contributed by atoms with E-state index >= 15 is 0 Å². The number of nitrogens with one attached hydrogen (secondary N) is 1. The van der Waals surface area contributed by atoms with Crippen molar-refractivity contribution in [2.45, 2.75) is 13.5 Å². The summed E-state index contributed by atoms with van der Waals surface area (Å²) in [7, 11) is 0. The SMILES string of the molecule is Cc1ccc(-c2nccc(=O)n2Cc2ccc(-c3ncc(C(=O)O)c(=O)[nH]3)cc2)cc1. The van der Waals surface area contributed by atoms with Crippen molar-refractivity contribution in [1.29, 1.82) is 0 Å². The van der Waals surface area contributed by atoms with Gasteiger partial charge in [-0.3, -0.25) is 14.2 Å². The van der Waals surface area contributed by atoms with Gasteiger partial charge in [-0.05, 0) is 12.5 Å². The Morgan fingerprint density at radius 1 is 0.968 bits per heavy atom. The van der Waals surface area contributed by atoms with Crippen molar-refractivity contribution in [3.05, 3.63) is 104 Å². The molecule has 154 valence electrons. The number of rotatable bonds is 5. The molecular formula is C23H18N4O4. The molecule has 2 N–H and O–H groups in total. The third kappa shape index (κ3) is 4.18. The van der Waals surface area contributed by atoms with Crippen molar-refractivity contribution < 1.29 is 9.90 Å². The monoisotopic (exact) mass is 414 g/mol. The van der Waals surface area contributed by atoms with Crippen LogP contribution in [0.5, 0.6) is 0 Å². The lowest BCUT2D eigenvalue weighted by atomic mass is 10.1. The number of aromatic amines is 1. The molecule has 0 radical (unpaired) electrons. The average Bonchev–Trinajstić information content (AvgIpc) is 2.76. The minimum Gasteiger partial charge on any atom is -0.477 e. The van der Waals surface area contributed by atoms with Crippen molar-refractivity contribution in [2.75, 3.05) is 0 Å². The molecule has 4 aromatic rings. The largest absolute Gasteiger partial charge is 0.477 e. The van der Waals surface area contributed by atoms with E-state index in [9.17, 15) is 14.4 Å². The first-order valence-corrected chi connectivity index (χ1v) is 9.47. The van der Waals surface area contributed by atoms with E-state index in [1.807, 2.05) is 43.3 Å². The smallest absolute Gasteiger partial charge is 0.342 e. The Bertz CT molecular complexity index is 1370. The molecule has 4 rings (SSSR count). The van der Waals surface area contributed by atoms with Gasteiger partial charge in [0.1, 0.15) is 17.2 Å². The minimum absolute atomic E-state index is 0.162. The second-order valence-electron chi connectivity index (χ2n) is 7.04. The third-order valence-electron chi connectivity index (χ3n) is 4.84. The fraction of sp³-hybridized carbons (Fsp3) is 0.0870. The van der Waals surface area contributed by atoms with Crippen LogP contribution in [0.4, 0.5) is 0 Å². The first-order valence-electron chi connectivity index (χ1n) is 9.47. The summed E-state index contributed by atoms with van der Waals surface area (Å²) in [6, 6.07) is 16.4. The zero-order chi connectivity index (χ0) is 22.0. The predicted molar refractivity (Wildman–Crippen MR) is 115 cm³/mol. The van der Waals surface area contributed by atoms with E-state index in [4.69, 9.17) is 5.11 Å². The number of carboxylic acids is 1. The van der Waals surface area contributed by atoms with Crippen LogP contribution in [0.15, 0.2) is 76.6 Å². The Morgan fingerprint density at radius 3 is 2.29 bits per heavy atom. The number of hydrogen-bond donors (Lipinski definition) is 2. The van der Waals surface area contributed by atoms with E-state index in [0.717, 1.165) is 22.9 Å². The molecule has 0 aliphatic carbocycles. The van der Waals surface area contributed by atoms with Crippen LogP contribution in [-0.4, -0.2) is 30.6 Å². The molecule has 0 saturated heterocycles. The summed E-state index contributed by atoms with van der Waals surface area (Å²) in [5.41, 5.74) is 2.15. The van der Waals surface area contributed by atoms with Gasteiger partial charge in [0, 0.05) is 29.6 Å². The summed E-state index contributed by atoms with van der Waals surface area (Å²) < 4.78 is 1.60. The number of hydrogen-bond acceptors (Lipinski definition) is 5. The van der Waals surface area contributed by atoms with Gasteiger partial charge in [-0.25, -0.2) is 14.8 Å². The van der Waals surface area contributed by atoms with Gasteiger partial charge in [0.25, 0.3) is 11.1 Å². The molecule has 0 atom stereocenters. The quantitative estimate of drug-likeness (QED) is 0.518. The molecule has 8 heteroatoms. The average molecular weight is 414 g/mol. The van der Waals surface area contributed by atoms with Gasteiger partial charge in [0.05, 0.1) is 6.54 Å². The molecule has 0 saturated carbocycles. The van der Waals surface area contributed by atoms with E-state index in [0.29, 0.717) is 17.9 Å². The van der Waals surface area contributed by atoms with E-state index in [2.05, 4.69) is 15.0 Å². The zero-order valence-electron chi connectivity index (χ0n) is 16.6. The molecule has 8 nitrogen and oxygen atoms in total. The van der Waals surface area contributed by atoms with Gasteiger partial charge in [-0.1, -0.05) is 54.1 Å². The summed E-state index contributed by atoms with van der Waals surface area (Å²) in [5, 5.41) is 8.95. The molecule has 0 unspecified atom stereocenters. The highest BCUT2D eigenvalue weighted by Gasteiger charge is 2.12. The lowest BCUT2D eigenvalue weighted by molar-refractivity contribution is 0.0694. The fourth-order valence-electron chi connectivity index (χ4n) is 3.17. The van der Waals surface area contributed by atoms with E-state index in [1.54, 1.807) is 16.7 Å². The maximum atomic E-state index is 12.5. The number of aryl methyl sites for hydroxylation is 1. The molecule has 0 bridgehead atoms. The van der Waals surface area contributed by atoms with Crippen LogP contribution in [0, 0.1) is 6.92 Å². The molecule has 0 amide bonds. The molecule has 0 aliphatic rings. The van der Waals surface area contributed by atoms with E-state index in [1.165, 1.54) is 12.3 Å². The van der Waals surface area contributed by atoms with Crippen LogP contribution >= 0.6 is 0 Å². The van der Waals surface area contributed by atoms with Crippen molar-refractivity contribution in [2.24, 2.45) is 0 Å². The molecule has 2 aromatic heterocycles. The van der Waals surface area contributed by atoms with Gasteiger partial charge in [-0.2, -0.15) is 0 Å². The topological polar surface area (TPSA) is 118 Å². The highest BCUT2D eigenvalue weighted by Crippen LogP contribution is 2.19. The lowest BCUT2D eigenvalue weighted by Gasteiger charge is -2.12. The Hall–Kier alpha value is -4.33. The summed E-state index contributed by atoms with van der Waals surface area (Å²) in [6.45, 7) is 2.31. The van der Waals surface area contributed by atoms with Gasteiger partial charge in [0.2, 0.25) is 0 Å². The number of nitrogens with zero attached hydrogens (tertiary/aromatic N) is 3. The van der Waals surface area contributed by atoms with Crippen LogP contribution in [0.2, 0.25) is 0 Å². The Balaban J connectivity index is 1.64. The molecule has 0 aliphatic heterocycles. The molecule has 0 fully saturated rings. The van der Waals surface area contributed by atoms with Gasteiger partial charge in [0.15, 0.2) is 0 Å². The first-order chi connectivity index (χ1) is 14.9. The third-order valence-corrected chi connectivity index (χ3v) is 4.84. The maximum absolute atomic E-state index is 12.5. The molecule has 2 heterocycles. The molecule has 0 spiro atoms. The predicted octanol–water partition coefficient (Wildman–Crippen LogP) is 2.72. The summed E-state index contributed by atoms with van der Waals surface area (Å²) in [4.78, 5) is 46.3. The molecule has 31 heavy (non-hydrogen) atoms. The molecule has 2 aromatic carbocycles. The summed E-state index contributed by atoms with van der Waals surface area (Å²) >= 11 is 0. The number of aromatic nitrogens is 4. The second kappa shape index (κ2) is 8.19. The van der Waals surface area contributed by atoms with Crippen molar-refractivity contribution >= 4 is 5.97 Å². The van der Waals surface area contributed by atoms with Crippen LogP contribution in [0.3, 0.4) is 0 Å². The number of carbonyl (C=O) groups is 1. The van der Waals surface area contributed by atoms with Crippen molar-refractivity contribution in [3.8, 4) is 22.8 Å². The molecular weight excluding hydrogens is 396 g/mol. The first kappa shape index (κ1) is 20.0. The van der Waals surface area contributed by atoms with Gasteiger partial charge < -0.3 is 10.1 Å². The maximum Gasteiger partial charge on any atom is 0.342 e. The minimum atomic E-state index is -1.33. The summed E-state index contributed by atoms with van der Waals surface area (Å²) in [6.07, 6.45) is 2.54. The number of aromatic carboxylic acids is 1. The Kier molecular flexibility index (Phi) is 5.28. The van der Waals surface area contributed by atoms with Crippen LogP contribution in [-0.2, 0) is 6.54 Å². The highest BCUT2D eigenvalue weighted by atomic mass is 16.4. The van der Waals surface area contributed by atoms with Crippen LogP contribution < -0.4 is 11.1 Å². The zero-order valence-corrected chi connectivity index (χ0v) is 16.6. The van der Waals surface area contributed by atoms with E-state index < -0.39 is 17.1 Å². The number of H-pyrrole nitrogens is 1. The Labute approximate surface area is 176 Å². The number of carboxylic acid groups (broad SMARTS) is 1. The number of benzene rings is 2. The fourth-order valence-corrected chi connectivity index (χ4v) is 3.17. The lowest BCUT2D eigenvalue weighted by Crippen LogP contribution is -2.22. The standard InChI is InChI=1S/C23H18N4O4/c1-14-2-6-17(7-3-14)21-24-11-10-19(28)27(21)13-15-4-8-16(9-5-15)20-25-12-18(23(30)31)22(29)26-20/h2-12H,13H2,1H3,(H,30,31)(H,25,26,29). The van der Waals surface area contributed by atoms with Gasteiger partial charge in [-0.15, -0.1) is 0 Å². The van der Waals surface area contributed by atoms with E-state index in [-0.39, 0.29) is 11.4 Å². The second-order valence-corrected chi connectivity index (χ2v) is 7.04. The normalized spacial score (nSPS) is 10.7. The Morgan fingerprint density at radius 2 is 1.65 bits per heavy atom. The van der Waals surface area contributed by atoms with Crippen LogP contribution in [0.1, 0.15) is 21.5 Å². The van der Waals surface area contributed by atoms with Crippen molar-refractivity contribution in [1.82, 2.24) is 19.5 Å². The van der Waals surface area contributed by atoms with Crippen LogP contribution in [0.25, 0.3) is 22.8 Å². The van der Waals surface area contributed by atoms with Crippen molar-refractivity contribution in [3.63, 3.8) is 0 Å². The summed E-state index contributed by atoms with van der Waals surface area (Å²) in [5.74, 6) is -0.491.